The number of carbonyl (C=O) groups excluding carboxylic acids is 1. The summed E-state index contributed by atoms with van der Waals surface area (Å²) in [7, 11) is 0. The van der Waals surface area contributed by atoms with Crippen LogP contribution in [-0.4, -0.2) is 22.8 Å². The summed E-state index contributed by atoms with van der Waals surface area (Å²) < 4.78 is 0.850. The highest BCUT2D eigenvalue weighted by atomic mass is 79.9. The van der Waals surface area contributed by atoms with E-state index in [-0.39, 0.29) is 11.9 Å². The van der Waals surface area contributed by atoms with E-state index in [1.165, 1.54) is 0 Å². The first-order valence-electron chi connectivity index (χ1n) is 5.21. The standard InChI is InChI=1S/C11H9BrClN3O/c1-5-10(17)15-11-14-8-3-2-7(12)9(13)6(8)4-16(5)11/h2-3,5H,4H2,1H3,(H,14,15,17)/t5-/m1/s1. The predicted octanol–water partition coefficient (Wildman–Crippen LogP) is 2.42. The molecular formula is C11H9BrClN3O. The number of aliphatic imine (C=N–C) groups is 1. The van der Waals surface area contributed by atoms with Gasteiger partial charge in [-0.25, -0.2) is 4.99 Å². The van der Waals surface area contributed by atoms with Gasteiger partial charge >= 0.3 is 0 Å². The Morgan fingerprint density at radius 2 is 2.35 bits per heavy atom. The zero-order chi connectivity index (χ0) is 12.2. The minimum absolute atomic E-state index is 0.0215. The van der Waals surface area contributed by atoms with E-state index in [9.17, 15) is 4.79 Å². The van der Waals surface area contributed by atoms with Gasteiger partial charge in [0.25, 0.3) is 0 Å². The summed E-state index contributed by atoms with van der Waals surface area (Å²) in [6.07, 6.45) is 0. The summed E-state index contributed by atoms with van der Waals surface area (Å²) in [6.45, 7) is 2.46. The van der Waals surface area contributed by atoms with Crippen LogP contribution < -0.4 is 5.32 Å². The molecule has 88 valence electrons. The quantitative estimate of drug-likeness (QED) is 0.799. The van der Waals surface area contributed by atoms with Crippen molar-refractivity contribution in [1.82, 2.24) is 10.2 Å². The number of rotatable bonds is 0. The van der Waals surface area contributed by atoms with Gasteiger partial charge in [0.15, 0.2) is 0 Å². The number of hydrogen-bond acceptors (Lipinski definition) is 3. The molecule has 1 N–H and O–H groups in total. The van der Waals surface area contributed by atoms with Gasteiger partial charge < -0.3 is 4.90 Å². The molecular weight excluding hydrogens is 305 g/mol. The molecule has 1 aromatic rings. The minimum atomic E-state index is -0.197. The highest BCUT2D eigenvalue weighted by Crippen LogP contribution is 2.37. The van der Waals surface area contributed by atoms with E-state index >= 15 is 0 Å². The summed E-state index contributed by atoms with van der Waals surface area (Å²) in [5, 5.41) is 3.43. The summed E-state index contributed by atoms with van der Waals surface area (Å²) in [5.74, 6) is 0.597. The molecule has 17 heavy (non-hydrogen) atoms. The first-order chi connectivity index (χ1) is 8.08. The van der Waals surface area contributed by atoms with Gasteiger partial charge in [0, 0.05) is 10.0 Å². The molecule has 0 spiro atoms. The number of nitrogens with zero attached hydrogens (tertiary/aromatic N) is 2. The Hall–Kier alpha value is -1.07. The lowest BCUT2D eigenvalue weighted by Gasteiger charge is -2.26. The molecule has 2 aliphatic heterocycles. The topological polar surface area (TPSA) is 44.7 Å². The normalized spacial score (nSPS) is 21.8. The van der Waals surface area contributed by atoms with Crippen molar-refractivity contribution in [1.29, 1.82) is 0 Å². The summed E-state index contributed by atoms with van der Waals surface area (Å²) in [5.41, 5.74) is 1.77. The molecule has 2 heterocycles. The number of nitrogens with one attached hydrogen (secondary N) is 1. The van der Waals surface area contributed by atoms with E-state index in [0.717, 1.165) is 15.7 Å². The number of benzene rings is 1. The van der Waals surface area contributed by atoms with Crippen LogP contribution in [0.2, 0.25) is 5.02 Å². The van der Waals surface area contributed by atoms with Crippen LogP contribution in [0.3, 0.4) is 0 Å². The van der Waals surface area contributed by atoms with Gasteiger partial charge in [0.2, 0.25) is 11.9 Å². The molecule has 1 aromatic carbocycles. The summed E-state index contributed by atoms with van der Waals surface area (Å²) in [4.78, 5) is 17.9. The van der Waals surface area contributed by atoms with Crippen LogP contribution in [0, 0.1) is 0 Å². The summed E-state index contributed by atoms with van der Waals surface area (Å²) >= 11 is 9.63. The minimum Gasteiger partial charge on any atom is -0.326 e. The molecule has 2 aliphatic rings. The first kappa shape index (κ1) is 11.0. The monoisotopic (exact) mass is 313 g/mol. The zero-order valence-electron chi connectivity index (χ0n) is 9.00. The van der Waals surface area contributed by atoms with Gasteiger partial charge in [-0.1, -0.05) is 11.6 Å². The van der Waals surface area contributed by atoms with Gasteiger partial charge in [0.1, 0.15) is 6.04 Å². The number of fused-ring (bicyclic) bond motifs is 2. The summed E-state index contributed by atoms with van der Waals surface area (Å²) in [6, 6.07) is 3.56. The molecule has 1 amide bonds. The molecule has 1 saturated heterocycles. The third-order valence-electron chi connectivity index (χ3n) is 3.08. The highest BCUT2D eigenvalue weighted by Gasteiger charge is 2.36. The average molecular weight is 315 g/mol. The second kappa shape index (κ2) is 3.71. The van der Waals surface area contributed by atoms with Crippen molar-refractivity contribution in [2.75, 3.05) is 0 Å². The molecule has 0 unspecified atom stereocenters. The van der Waals surface area contributed by atoms with Crippen molar-refractivity contribution in [3.05, 3.63) is 27.2 Å². The van der Waals surface area contributed by atoms with E-state index in [0.29, 0.717) is 17.5 Å². The Morgan fingerprint density at radius 3 is 3.12 bits per heavy atom. The maximum Gasteiger partial charge on any atom is 0.249 e. The number of halogens is 2. The van der Waals surface area contributed by atoms with Crippen molar-refractivity contribution in [2.24, 2.45) is 4.99 Å². The lowest BCUT2D eigenvalue weighted by molar-refractivity contribution is -0.121. The fourth-order valence-corrected chi connectivity index (χ4v) is 2.63. The van der Waals surface area contributed by atoms with Gasteiger partial charge in [0.05, 0.1) is 17.3 Å². The molecule has 6 heteroatoms. The molecule has 3 rings (SSSR count). The van der Waals surface area contributed by atoms with Crippen molar-refractivity contribution >= 4 is 45.1 Å². The molecule has 0 bridgehead atoms. The number of guanidine groups is 1. The van der Waals surface area contributed by atoms with E-state index in [1.807, 2.05) is 24.0 Å². The third kappa shape index (κ3) is 1.57. The van der Waals surface area contributed by atoms with Crippen LogP contribution in [0.5, 0.6) is 0 Å². The number of carbonyl (C=O) groups is 1. The smallest absolute Gasteiger partial charge is 0.249 e. The van der Waals surface area contributed by atoms with Crippen molar-refractivity contribution in [3.63, 3.8) is 0 Å². The van der Waals surface area contributed by atoms with Gasteiger partial charge in [-0.2, -0.15) is 0 Å². The maximum atomic E-state index is 11.6. The van der Waals surface area contributed by atoms with Crippen molar-refractivity contribution in [2.45, 2.75) is 19.5 Å². The van der Waals surface area contributed by atoms with Gasteiger partial charge in [-0.15, -0.1) is 0 Å². The highest BCUT2D eigenvalue weighted by molar-refractivity contribution is 9.10. The zero-order valence-corrected chi connectivity index (χ0v) is 11.3. The molecule has 0 aliphatic carbocycles. The molecule has 1 fully saturated rings. The Morgan fingerprint density at radius 1 is 1.59 bits per heavy atom. The fraction of sp³-hybridized carbons (Fsp3) is 0.273. The maximum absolute atomic E-state index is 11.6. The predicted molar refractivity (Wildman–Crippen MR) is 69.4 cm³/mol. The van der Waals surface area contributed by atoms with Gasteiger partial charge in [-0.3, -0.25) is 10.1 Å². The largest absolute Gasteiger partial charge is 0.326 e. The van der Waals surface area contributed by atoms with Crippen LogP contribution >= 0.6 is 27.5 Å². The van der Waals surface area contributed by atoms with Crippen LogP contribution in [0.25, 0.3) is 0 Å². The van der Waals surface area contributed by atoms with E-state index < -0.39 is 0 Å². The van der Waals surface area contributed by atoms with Crippen molar-refractivity contribution < 1.29 is 4.79 Å². The van der Waals surface area contributed by atoms with Crippen LogP contribution in [0.4, 0.5) is 5.69 Å². The van der Waals surface area contributed by atoms with Crippen LogP contribution in [-0.2, 0) is 11.3 Å². The lowest BCUT2D eigenvalue weighted by atomic mass is 10.1. The second-order valence-corrected chi connectivity index (χ2v) is 5.32. The average Bonchev–Trinajstić information content (AvgIpc) is 2.58. The fourth-order valence-electron chi connectivity index (χ4n) is 2.04. The molecule has 0 saturated carbocycles. The lowest BCUT2D eigenvalue weighted by Crippen LogP contribution is -2.35. The molecule has 1 atom stereocenters. The SMILES string of the molecule is C[C@@H]1C(=O)NC2=Nc3ccc(Br)c(Cl)c3CN21. The Balaban J connectivity index is 2.12. The first-order valence-corrected chi connectivity index (χ1v) is 6.38. The van der Waals surface area contributed by atoms with Crippen LogP contribution in [0.1, 0.15) is 12.5 Å². The van der Waals surface area contributed by atoms with Crippen LogP contribution in [0.15, 0.2) is 21.6 Å². The van der Waals surface area contributed by atoms with E-state index in [2.05, 4.69) is 26.2 Å². The number of amides is 1. The Labute approximate surface area is 112 Å². The molecule has 0 radical (unpaired) electrons. The molecule has 4 nitrogen and oxygen atoms in total. The Kier molecular flexibility index (Phi) is 2.41. The van der Waals surface area contributed by atoms with E-state index in [4.69, 9.17) is 11.6 Å². The third-order valence-corrected chi connectivity index (χ3v) is 4.40. The van der Waals surface area contributed by atoms with Gasteiger partial charge in [-0.05, 0) is 35.0 Å². The van der Waals surface area contributed by atoms with Crippen molar-refractivity contribution in [3.8, 4) is 0 Å². The second-order valence-electron chi connectivity index (χ2n) is 4.09. The van der Waals surface area contributed by atoms with E-state index in [1.54, 1.807) is 0 Å². The molecule has 0 aromatic heterocycles. The Bertz CT molecular complexity index is 558. The number of hydrogen-bond donors (Lipinski definition) is 1.